The molecule has 0 unspecified atom stereocenters. The molecule has 1 heteroatoms. The van der Waals surface area contributed by atoms with Gasteiger partial charge in [-0.3, -0.25) is 0 Å². The summed E-state index contributed by atoms with van der Waals surface area (Å²) >= 11 is 0. The molecule has 7 aromatic carbocycles. The molecule has 46 heavy (non-hydrogen) atoms. The van der Waals surface area contributed by atoms with E-state index in [4.69, 9.17) is 0 Å². The van der Waals surface area contributed by atoms with E-state index in [-0.39, 0.29) is 5.41 Å². The summed E-state index contributed by atoms with van der Waals surface area (Å²) in [4.78, 5) is 0. The molecule has 0 atom stereocenters. The maximum atomic E-state index is 2.45. The molecule has 0 fully saturated rings. The highest BCUT2D eigenvalue weighted by atomic mass is 15.0. The van der Waals surface area contributed by atoms with Gasteiger partial charge in [0.05, 0.1) is 11.0 Å². The molecule has 0 saturated carbocycles. The van der Waals surface area contributed by atoms with Crippen molar-refractivity contribution in [2.45, 2.75) is 19.3 Å². The molecule has 1 aliphatic carbocycles. The van der Waals surface area contributed by atoms with E-state index < -0.39 is 0 Å². The average Bonchev–Trinajstić information content (AvgIpc) is 3.37. The van der Waals surface area contributed by atoms with Crippen LogP contribution in [0.4, 0.5) is 0 Å². The molecular formula is C45H33N. The van der Waals surface area contributed by atoms with Gasteiger partial charge in [0, 0.05) is 21.9 Å². The minimum Gasteiger partial charge on any atom is -0.309 e. The summed E-state index contributed by atoms with van der Waals surface area (Å²) in [6.45, 7) is 4.69. The number of aromatic nitrogens is 1. The van der Waals surface area contributed by atoms with Gasteiger partial charge in [0.15, 0.2) is 0 Å². The Hall–Kier alpha value is -5.66. The first-order chi connectivity index (χ1) is 22.6. The normalized spacial score (nSPS) is 13.2. The van der Waals surface area contributed by atoms with Crippen LogP contribution in [-0.4, -0.2) is 4.57 Å². The van der Waals surface area contributed by atoms with Crippen molar-refractivity contribution >= 4 is 43.4 Å². The lowest BCUT2D eigenvalue weighted by molar-refractivity contribution is 0.660. The maximum Gasteiger partial charge on any atom is 0.0540 e. The number of rotatable bonds is 2. The summed E-state index contributed by atoms with van der Waals surface area (Å²) in [7, 11) is 0. The summed E-state index contributed by atoms with van der Waals surface area (Å²) in [5.74, 6) is 0. The Morgan fingerprint density at radius 1 is 0.370 bits per heavy atom. The van der Waals surface area contributed by atoms with Crippen LogP contribution in [-0.2, 0) is 5.41 Å². The van der Waals surface area contributed by atoms with Crippen LogP contribution in [0.3, 0.4) is 0 Å². The highest BCUT2D eigenvalue weighted by Gasteiger charge is 2.36. The Labute approximate surface area is 269 Å². The molecule has 1 aliphatic rings. The Morgan fingerprint density at radius 3 is 1.39 bits per heavy atom. The number of hydrogen-bond acceptors (Lipinski definition) is 0. The Bertz CT molecular complexity index is 2440. The Balaban J connectivity index is 1.36. The van der Waals surface area contributed by atoms with E-state index in [1.54, 1.807) is 0 Å². The van der Waals surface area contributed by atoms with Crippen LogP contribution >= 0.6 is 0 Å². The van der Waals surface area contributed by atoms with Crippen LogP contribution in [0, 0.1) is 0 Å². The van der Waals surface area contributed by atoms with Crippen molar-refractivity contribution in [3.63, 3.8) is 0 Å². The van der Waals surface area contributed by atoms with Crippen molar-refractivity contribution in [1.29, 1.82) is 0 Å². The number of para-hydroxylation sites is 2. The number of nitrogens with zero attached hydrogens (tertiary/aromatic N) is 1. The van der Waals surface area contributed by atoms with Crippen LogP contribution in [0.1, 0.15) is 25.0 Å². The number of fused-ring (bicyclic) bond motifs is 10. The van der Waals surface area contributed by atoms with Gasteiger partial charge in [0.2, 0.25) is 0 Å². The summed E-state index contributed by atoms with van der Waals surface area (Å²) < 4.78 is 2.45. The van der Waals surface area contributed by atoms with Gasteiger partial charge >= 0.3 is 0 Å². The van der Waals surface area contributed by atoms with E-state index >= 15 is 0 Å². The summed E-state index contributed by atoms with van der Waals surface area (Å²) in [6.07, 6.45) is 0. The van der Waals surface area contributed by atoms with Crippen LogP contribution < -0.4 is 0 Å². The molecule has 0 aliphatic heterocycles. The third-order valence-electron chi connectivity index (χ3n) is 10.1. The second-order valence-electron chi connectivity index (χ2n) is 12.9. The minimum atomic E-state index is -0.0229. The van der Waals surface area contributed by atoms with E-state index in [9.17, 15) is 0 Å². The predicted molar refractivity (Wildman–Crippen MR) is 196 cm³/mol. The van der Waals surface area contributed by atoms with E-state index in [0.717, 1.165) is 5.69 Å². The van der Waals surface area contributed by atoms with E-state index in [1.165, 1.54) is 76.7 Å². The zero-order chi connectivity index (χ0) is 30.8. The lowest BCUT2D eigenvalue weighted by Crippen LogP contribution is -2.14. The predicted octanol–water partition coefficient (Wildman–Crippen LogP) is 12.2. The first-order valence-electron chi connectivity index (χ1n) is 16.1. The molecule has 9 rings (SSSR count). The van der Waals surface area contributed by atoms with Gasteiger partial charge in [-0.25, -0.2) is 0 Å². The largest absolute Gasteiger partial charge is 0.309 e. The Morgan fingerprint density at radius 2 is 0.804 bits per heavy atom. The fraction of sp³-hybridized carbons (Fsp3) is 0.0667. The first-order valence-corrected chi connectivity index (χ1v) is 16.1. The van der Waals surface area contributed by atoms with Crippen LogP contribution in [0.15, 0.2) is 164 Å². The molecule has 1 heterocycles. The second-order valence-corrected chi connectivity index (χ2v) is 12.9. The quantitative estimate of drug-likeness (QED) is 0.190. The minimum absolute atomic E-state index is 0.0229. The maximum absolute atomic E-state index is 2.45. The lowest BCUT2D eigenvalue weighted by atomic mass is 9.82. The van der Waals surface area contributed by atoms with Gasteiger partial charge in [-0.1, -0.05) is 153 Å². The van der Waals surface area contributed by atoms with Crippen LogP contribution in [0.25, 0.3) is 71.3 Å². The molecule has 1 aromatic heterocycles. The van der Waals surface area contributed by atoms with E-state index in [0.29, 0.717) is 0 Å². The smallest absolute Gasteiger partial charge is 0.0540 e. The van der Waals surface area contributed by atoms with Gasteiger partial charge in [-0.2, -0.15) is 0 Å². The molecule has 0 amide bonds. The average molecular weight is 588 g/mol. The molecule has 0 bridgehead atoms. The standard InChI is InChI=1S/C45H33N/c1-45(2)40-22-10-7-20-39(40)44-32(21-13-23-41(44)45)30-26-28-31(29-27-30)46-42-24-11-8-18-37(42)35-16-5-3-14-33(35)34-15-4-6-17-36(34)38-19-9-12-25-43(38)46/h3-29H,1-2H3. The fourth-order valence-corrected chi connectivity index (χ4v) is 7.89. The first kappa shape index (κ1) is 26.7. The van der Waals surface area contributed by atoms with Crippen molar-refractivity contribution in [3.05, 3.63) is 175 Å². The van der Waals surface area contributed by atoms with Crippen molar-refractivity contribution in [3.8, 4) is 27.9 Å². The Kier molecular flexibility index (Phi) is 5.92. The number of benzene rings is 7. The van der Waals surface area contributed by atoms with Crippen molar-refractivity contribution in [2.24, 2.45) is 0 Å². The van der Waals surface area contributed by atoms with Gasteiger partial charge < -0.3 is 4.57 Å². The third kappa shape index (κ3) is 3.88. The molecule has 0 saturated heterocycles. The molecular weight excluding hydrogens is 555 g/mol. The highest BCUT2D eigenvalue weighted by Crippen LogP contribution is 2.52. The fourth-order valence-electron chi connectivity index (χ4n) is 7.89. The molecule has 8 aromatic rings. The highest BCUT2D eigenvalue weighted by molar-refractivity contribution is 6.19. The van der Waals surface area contributed by atoms with Gasteiger partial charge in [0.25, 0.3) is 0 Å². The second kappa shape index (κ2) is 10.2. The molecule has 0 radical (unpaired) electrons. The molecule has 1 nitrogen and oxygen atoms in total. The summed E-state index contributed by atoms with van der Waals surface area (Å²) in [5.41, 5.74) is 11.5. The molecule has 0 N–H and O–H groups in total. The number of hydrogen-bond donors (Lipinski definition) is 0. The summed E-state index contributed by atoms with van der Waals surface area (Å²) in [5, 5.41) is 7.40. The van der Waals surface area contributed by atoms with Gasteiger partial charge in [-0.15, -0.1) is 0 Å². The molecule has 218 valence electrons. The zero-order valence-corrected chi connectivity index (χ0v) is 26.0. The third-order valence-corrected chi connectivity index (χ3v) is 10.1. The van der Waals surface area contributed by atoms with Crippen molar-refractivity contribution in [2.75, 3.05) is 0 Å². The lowest BCUT2D eigenvalue weighted by Gasteiger charge is -2.21. The van der Waals surface area contributed by atoms with E-state index in [1.807, 2.05) is 0 Å². The van der Waals surface area contributed by atoms with Crippen molar-refractivity contribution < 1.29 is 0 Å². The van der Waals surface area contributed by atoms with Crippen LogP contribution in [0.5, 0.6) is 0 Å². The summed E-state index contributed by atoms with van der Waals surface area (Å²) in [6, 6.07) is 60.2. The zero-order valence-electron chi connectivity index (χ0n) is 26.0. The van der Waals surface area contributed by atoms with Gasteiger partial charge in [0.1, 0.15) is 0 Å². The molecule has 0 spiro atoms. The topological polar surface area (TPSA) is 4.93 Å². The van der Waals surface area contributed by atoms with Crippen molar-refractivity contribution in [1.82, 2.24) is 4.57 Å². The SMILES string of the molecule is CC1(C)c2ccccc2-c2c(-c3ccc(-n4c5ccccc5c5ccccc5c5ccccc5c5ccccc54)cc3)cccc21. The monoisotopic (exact) mass is 587 g/mol. The van der Waals surface area contributed by atoms with Gasteiger partial charge in [-0.05, 0) is 79.2 Å². The van der Waals surface area contributed by atoms with E-state index in [2.05, 4.69) is 182 Å². The van der Waals surface area contributed by atoms with Crippen LogP contribution in [0.2, 0.25) is 0 Å².